The minimum Gasteiger partial charge on any atom is -0.349 e. The molecule has 0 heterocycles. The Bertz CT molecular complexity index is 744. The van der Waals surface area contributed by atoms with Crippen LogP contribution in [0, 0.1) is 0 Å². The summed E-state index contributed by atoms with van der Waals surface area (Å²) in [5.74, 6) is -0.0919. The number of nitrogens with one attached hydrogen (secondary N) is 3. The van der Waals surface area contributed by atoms with Crippen LogP contribution >= 0.6 is 12.4 Å². The van der Waals surface area contributed by atoms with Crippen LogP contribution < -0.4 is 21.7 Å². The van der Waals surface area contributed by atoms with Crippen LogP contribution in [0.1, 0.15) is 36.0 Å². The number of benzene rings is 2. The Balaban J connectivity index is 0.00000261. The van der Waals surface area contributed by atoms with E-state index >= 15 is 0 Å². The number of halogens is 1. The molecule has 0 aliphatic heterocycles. The molecule has 2 aromatic carbocycles. The zero-order valence-electron chi connectivity index (χ0n) is 15.0. The van der Waals surface area contributed by atoms with E-state index < -0.39 is 0 Å². The third kappa shape index (κ3) is 6.27. The van der Waals surface area contributed by atoms with E-state index in [9.17, 15) is 9.59 Å². The maximum Gasteiger partial charge on any atom is 0.323 e. The average molecular weight is 389 g/mol. The molecule has 5 N–H and O–H groups in total. The second-order valence-electron chi connectivity index (χ2n) is 6.61. The number of urea groups is 1. The molecule has 0 saturated heterocycles. The van der Waals surface area contributed by atoms with Crippen LogP contribution in [0.5, 0.6) is 0 Å². The van der Waals surface area contributed by atoms with Crippen molar-refractivity contribution in [2.75, 3.05) is 10.6 Å². The Morgan fingerprint density at radius 2 is 1.37 bits per heavy atom. The number of para-hydroxylation sites is 1. The summed E-state index contributed by atoms with van der Waals surface area (Å²) in [6, 6.07) is 16.2. The second kappa shape index (κ2) is 9.94. The fourth-order valence-corrected chi connectivity index (χ4v) is 3.05. The number of rotatable bonds is 4. The van der Waals surface area contributed by atoms with Gasteiger partial charge in [0, 0.05) is 29.0 Å². The number of carbonyl (C=O) groups is 2. The second-order valence-corrected chi connectivity index (χ2v) is 6.61. The molecule has 0 aromatic heterocycles. The molecule has 3 rings (SSSR count). The number of anilines is 2. The molecule has 0 radical (unpaired) electrons. The summed E-state index contributed by atoms with van der Waals surface area (Å²) in [6.45, 7) is 0. The molecular weight excluding hydrogens is 364 g/mol. The van der Waals surface area contributed by atoms with Crippen LogP contribution in [0.15, 0.2) is 54.6 Å². The Kier molecular flexibility index (Phi) is 7.64. The van der Waals surface area contributed by atoms with Gasteiger partial charge in [-0.3, -0.25) is 4.79 Å². The van der Waals surface area contributed by atoms with Gasteiger partial charge in [-0.25, -0.2) is 4.79 Å². The van der Waals surface area contributed by atoms with Gasteiger partial charge in [0.15, 0.2) is 0 Å². The van der Waals surface area contributed by atoms with Crippen molar-refractivity contribution in [3.8, 4) is 0 Å². The van der Waals surface area contributed by atoms with E-state index in [0.29, 0.717) is 16.9 Å². The molecule has 6 nitrogen and oxygen atoms in total. The predicted molar refractivity (Wildman–Crippen MR) is 110 cm³/mol. The molecule has 0 spiro atoms. The summed E-state index contributed by atoms with van der Waals surface area (Å²) < 4.78 is 0. The van der Waals surface area contributed by atoms with E-state index in [1.165, 1.54) is 0 Å². The summed E-state index contributed by atoms with van der Waals surface area (Å²) in [4.78, 5) is 24.3. The Morgan fingerprint density at radius 1 is 0.815 bits per heavy atom. The fourth-order valence-electron chi connectivity index (χ4n) is 3.05. The van der Waals surface area contributed by atoms with Crippen molar-refractivity contribution < 1.29 is 9.59 Å². The molecule has 2 aromatic rings. The van der Waals surface area contributed by atoms with Crippen molar-refractivity contribution in [3.05, 3.63) is 60.2 Å². The van der Waals surface area contributed by atoms with Crippen LogP contribution in [0.25, 0.3) is 0 Å². The normalized spacial score (nSPS) is 18.7. The first kappa shape index (κ1) is 20.7. The summed E-state index contributed by atoms with van der Waals surface area (Å²) >= 11 is 0. The highest BCUT2D eigenvalue weighted by molar-refractivity contribution is 6.00. The summed E-state index contributed by atoms with van der Waals surface area (Å²) in [5, 5.41) is 8.55. The molecule has 0 unspecified atom stereocenters. The van der Waals surface area contributed by atoms with Crippen molar-refractivity contribution in [1.29, 1.82) is 0 Å². The van der Waals surface area contributed by atoms with Crippen LogP contribution in [0.2, 0.25) is 0 Å². The topological polar surface area (TPSA) is 96.2 Å². The van der Waals surface area contributed by atoms with Gasteiger partial charge in [-0.05, 0) is 62.1 Å². The van der Waals surface area contributed by atoms with Crippen molar-refractivity contribution in [2.45, 2.75) is 37.8 Å². The van der Waals surface area contributed by atoms with Crippen LogP contribution in [-0.2, 0) is 0 Å². The Hall–Kier alpha value is -2.57. The summed E-state index contributed by atoms with van der Waals surface area (Å²) in [6.07, 6.45) is 3.74. The lowest BCUT2D eigenvalue weighted by molar-refractivity contribution is 0.0926. The van der Waals surface area contributed by atoms with Crippen molar-refractivity contribution in [1.82, 2.24) is 5.32 Å². The van der Waals surface area contributed by atoms with Gasteiger partial charge in [0.2, 0.25) is 0 Å². The third-order valence-electron chi connectivity index (χ3n) is 4.54. The number of hydrogen-bond acceptors (Lipinski definition) is 3. The van der Waals surface area contributed by atoms with E-state index in [2.05, 4.69) is 16.0 Å². The maximum absolute atomic E-state index is 12.3. The van der Waals surface area contributed by atoms with Crippen LogP contribution in [0.3, 0.4) is 0 Å². The highest BCUT2D eigenvalue weighted by Gasteiger charge is 2.20. The van der Waals surface area contributed by atoms with Gasteiger partial charge in [-0.2, -0.15) is 0 Å². The van der Waals surface area contributed by atoms with Gasteiger partial charge in [0.1, 0.15) is 0 Å². The quantitative estimate of drug-likeness (QED) is 0.642. The smallest absolute Gasteiger partial charge is 0.323 e. The molecule has 3 amide bonds. The molecule has 144 valence electrons. The van der Waals surface area contributed by atoms with E-state index in [-0.39, 0.29) is 36.4 Å². The summed E-state index contributed by atoms with van der Waals surface area (Å²) in [5.41, 5.74) is 7.81. The zero-order valence-corrected chi connectivity index (χ0v) is 15.8. The molecule has 1 saturated carbocycles. The highest BCUT2D eigenvalue weighted by atomic mass is 35.5. The predicted octanol–water partition coefficient (Wildman–Crippen LogP) is 3.75. The first-order valence-corrected chi connectivity index (χ1v) is 8.90. The number of hydrogen-bond donors (Lipinski definition) is 4. The van der Waals surface area contributed by atoms with Gasteiger partial charge >= 0.3 is 6.03 Å². The van der Waals surface area contributed by atoms with Crippen LogP contribution in [0.4, 0.5) is 16.2 Å². The van der Waals surface area contributed by atoms with Gasteiger partial charge < -0.3 is 21.7 Å². The standard InChI is InChI=1S/C20H24N4O2.ClH/c21-15-8-12-17(13-9-15)22-19(25)14-6-10-18(11-7-14)24-20(26)23-16-4-2-1-3-5-16;/h1-7,10-11,15,17H,8-9,12-13,21H2,(H,22,25)(H2,23,24,26);1H. The molecule has 0 bridgehead atoms. The molecule has 27 heavy (non-hydrogen) atoms. The number of amides is 3. The van der Waals surface area contributed by atoms with E-state index in [4.69, 9.17) is 5.73 Å². The number of carbonyl (C=O) groups excluding carboxylic acids is 2. The molecule has 0 atom stereocenters. The highest BCUT2D eigenvalue weighted by Crippen LogP contribution is 2.18. The Labute approximate surface area is 165 Å². The summed E-state index contributed by atoms with van der Waals surface area (Å²) in [7, 11) is 0. The molecular formula is C20H25ClN4O2. The monoisotopic (exact) mass is 388 g/mol. The minimum absolute atomic E-state index is 0. The van der Waals surface area contributed by atoms with Crippen molar-refractivity contribution >= 4 is 35.7 Å². The first-order valence-electron chi connectivity index (χ1n) is 8.90. The SMILES string of the molecule is Cl.NC1CCC(NC(=O)c2ccc(NC(=O)Nc3ccccc3)cc2)CC1. The lowest BCUT2D eigenvalue weighted by atomic mass is 9.91. The molecule has 7 heteroatoms. The molecule has 1 aliphatic rings. The van der Waals surface area contributed by atoms with Gasteiger partial charge in [0.05, 0.1) is 0 Å². The van der Waals surface area contributed by atoms with E-state index in [1.54, 1.807) is 24.3 Å². The van der Waals surface area contributed by atoms with Gasteiger partial charge in [-0.15, -0.1) is 12.4 Å². The maximum atomic E-state index is 12.3. The first-order chi connectivity index (χ1) is 12.6. The van der Waals surface area contributed by atoms with Crippen LogP contribution in [-0.4, -0.2) is 24.0 Å². The molecule has 1 aliphatic carbocycles. The van der Waals surface area contributed by atoms with Crippen molar-refractivity contribution in [3.63, 3.8) is 0 Å². The number of nitrogens with two attached hydrogens (primary N) is 1. The largest absolute Gasteiger partial charge is 0.349 e. The Morgan fingerprint density at radius 3 is 1.96 bits per heavy atom. The van der Waals surface area contributed by atoms with Gasteiger partial charge in [0.25, 0.3) is 5.91 Å². The minimum atomic E-state index is -0.327. The lowest BCUT2D eigenvalue weighted by Gasteiger charge is -2.26. The fraction of sp³-hybridized carbons (Fsp3) is 0.300. The van der Waals surface area contributed by atoms with Crippen molar-refractivity contribution in [2.24, 2.45) is 5.73 Å². The average Bonchev–Trinajstić information content (AvgIpc) is 2.65. The van der Waals surface area contributed by atoms with Gasteiger partial charge in [-0.1, -0.05) is 18.2 Å². The van der Waals surface area contributed by atoms with E-state index in [0.717, 1.165) is 25.7 Å². The molecule has 1 fully saturated rings. The van der Waals surface area contributed by atoms with E-state index in [1.807, 2.05) is 30.3 Å². The lowest BCUT2D eigenvalue weighted by Crippen LogP contribution is -2.40. The zero-order chi connectivity index (χ0) is 18.4. The third-order valence-corrected chi connectivity index (χ3v) is 4.54.